The number of hydrogen-bond acceptors (Lipinski definition) is 3. The monoisotopic (exact) mass is 229 g/mol. The van der Waals surface area contributed by atoms with Crippen molar-refractivity contribution in [3.63, 3.8) is 0 Å². The van der Waals surface area contributed by atoms with E-state index in [0.29, 0.717) is 5.02 Å². The van der Waals surface area contributed by atoms with Gasteiger partial charge in [-0.1, -0.05) is 17.7 Å². The second kappa shape index (κ2) is 4.73. The summed E-state index contributed by atoms with van der Waals surface area (Å²) in [5, 5.41) is 9.29. The van der Waals surface area contributed by atoms with Crippen LogP contribution >= 0.6 is 11.6 Å². The van der Waals surface area contributed by atoms with Crippen LogP contribution in [0.2, 0.25) is 5.02 Å². The Morgan fingerprint density at radius 1 is 1.25 bits per heavy atom. The first-order chi connectivity index (χ1) is 7.83. The molecule has 78 valence electrons. The Kier molecular flexibility index (Phi) is 3.13. The second-order valence-corrected chi connectivity index (χ2v) is 3.63. The minimum absolute atomic E-state index is 0.269. The van der Waals surface area contributed by atoms with Crippen molar-refractivity contribution in [3.05, 3.63) is 47.5 Å². The summed E-state index contributed by atoms with van der Waals surface area (Å²) in [5.41, 5.74) is 2.58. The molecule has 0 aromatic carbocycles. The lowest BCUT2D eigenvalue weighted by molar-refractivity contribution is 1.21. The first-order valence-electron chi connectivity index (χ1n) is 4.72. The van der Waals surface area contributed by atoms with Crippen molar-refractivity contribution in [2.75, 3.05) is 0 Å². The Labute approximate surface area is 98.4 Å². The lowest BCUT2D eigenvalue weighted by Gasteiger charge is -2.07. The van der Waals surface area contributed by atoms with E-state index in [1.807, 2.05) is 12.1 Å². The normalized spacial score (nSPS) is 9.75. The standard InChI is InChI=1S/C12H8ClN3/c13-12-8-16-7-11(10(12)3-4-14)9-2-1-5-15-6-9/h1-2,5-8H,3H2. The number of pyridine rings is 2. The van der Waals surface area contributed by atoms with Gasteiger partial charge in [-0.2, -0.15) is 5.26 Å². The van der Waals surface area contributed by atoms with Gasteiger partial charge in [0.1, 0.15) is 0 Å². The van der Waals surface area contributed by atoms with Crippen LogP contribution < -0.4 is 0 Å². The Morgan fingerprint density at radius 3 is 2.81 bits per heavy atom. The van der Waals surface area contributed by atoms with Crippen molar-refractivity contribution < 1.29 is 0 Å². The molecule has 0 saturated carbocycles. The lowest BCUT2D eigenvalue weighted by atomic mass is 10.0. The second-order valence-electron chi connectivity index (χ2n) is 3.22. The molecule has 0 bridgehead atoms. The average molecular weight is 230 g/mol. The third-order valence-corrected chi connectivity index (χ3v) is 2.56. The third-order valence-electron chi connectivity index (χ3n) is 2.23. The fraction of sp³-hybridized carbons (Fsp3) is 0.0833. The molecule has 4 heteroatoms. The zero-order valence-electron chi connectivity index (χ0n) is 8.39. The molecule has 2 rings (SSSR count). The van der Waals surface area contributed by atoms with Gasteiger partial charge in [0.05, 0.1) is 17.5 Å². The van der Waals surface area contributed by atoms with E-state index < -0.39 is 0 Å². The molecule has 0 amide bonds. The fourth-order valence-corrected chi connectivity index (χ4v) is 1.72. The molecule has 0 fully saturated rings. The summed E-state index contributed by atoms with van der Waals surface area (Å²) in [4.78, 5) is 8.07. The molecule has 16 heavy (non-hydrogen) atoms. The van der Waals surface area contributed by atoms with Crippen LogP contribution in [0.25, 0.3) is 11.1 Å². The molecule has 0 saturated heterocycles. The summed E-state index contributed by atoms with van der Waals surface area (Å²) < 4.78 is 0. The van der Waals surface area contributed by atoms with Gasteiger partial charge in [-0.15, -0.1) is 0 Å². The van der Waals surface area contributed by atoms with E-state index in [-0.39, 0.29) is 6.42 Å². The molecule has 2 heterocycles. The van der Waals surface area contributed by atoms with Gasteiger partial charge in [-0.25, -0.2) is 0 Å². The first-order valence-corrected chi connectivity index (χ1v) is 5.10. The first kappa shape index (κ1) is 10.6. The predicted molar refractivity (Wildman–Crippen MR) is 61.8 cm³/mol. The van der Waals surface area contributed by atoms with E-state index in [9.17, 15) is 0 Å². The highest BCUT2D eigenvalue weighted by Gasteiger charge is 2.09. The molecule has 3 nitrogen and oxygen atoms in total. The highest BCUT2D eigenvalue weighted by atomic mass is 35.5. The van der Waals surface area contributed by atoms with E-state index in [1.54, 1.807) is 24.8 Å². The number of hydrogen-bond donors (Lipinski definition) is 0. The summed E-state index contributed by atoms with van der Waals surface area (Å²) in [6.07, 6.45) is 6.95. The van der Waals surface area contributed by atoms with Gasteiger partial charge < -0.3 is 0 Å². The number of halogens is 1. The van der Waals surface area contributed by atoms with Crippen molar-refractivity contribution in [3.8, 4) is 17.2 Å². The van der Waals surface area contributed by atoms with Crippen molar-refractivity contribution in [1.29, 1.82) is 5.26 Å². The molecular formula is C12H8ClN3. The van der Waals surface area contributed by atoms with Gasteiger partial charge in [0, 0.05) is 35.9 Å². The molecule has 0 aliphatic rings. The van der Waals surface area contributed by atoms with Gasteiger partial charge in [0.2, 0.25) is 0 Å². The Morgan fingerprint density at radius 2 is 2.12 bits per heavy atom. The topological polar surface area (TPSA) is 49.6 Å². The Hall–Kier alpha value is -1.92. The van der Waals surface area contributed by atoms with Crippen LogP contribution in [-0.2, 0) is 6.42 Å². The fourth-order valence-electron chi connectivity index (χ4n) is 1.49. The Bertz CT molecular complexity index is 532. The molecule has 2 aromatic rings. The molecule has 0 spiro atoms. The van der Waals surface area contributed by atoms with Gasteiger partial charge >= 0.3 is 0 Å². The van der Waals surface area contributed by atoms with Crippen LogP contribution in [0, 0.1) is 11.3 Å². The number of nitrogens with zero attached hydrogens (tertiary/aromatic N) is 3. The highest BCUT2D eigenvalue weighted by molar-refractivity contribution is 6.31. The molecule has 0 aliphatic heterocycles. The van der Waals surface area contributed by atoms with E-state index >= 15 is 0 Å². The minimum atomic E-state index is 0.269. The van der Waals surface area contributed by atoms with Gasteiger partial charge in [-0.05, 0) is 11.6 Å². The number of nitriles is 1. The number of rotatable bonds is 2. The van der Waals surface area contributed by atoms with E-state index in [0.717, 1.165) is 16.7 Å². The lowest BCUT2D eigenvalue weighted by Crippen LogP contribution is -1.92. The van der Waals surface area contributed by atoms with Gasteiger partial charge in [0.25, 0.3) is 0 Å². The average Bonchev–Trinajstić information content (AvgIpc) is 2.33. The third kappa shape index (κ3) is 2.02. The maximum Gasteiger partial charge on any atom is 0.0670 e. The van der Waals surface area contributed by atoms with Gasteiger partial charge in [0.15, 0.2) is 0 Å². The van der Waals surface area contributed by atoms with Crippen molar-refractivity contribution >= 4 is 11.6 Å². The minimum Gasteiger partial charge on any atom is -0.264 e. The summed E-state index contributed by atoms with van der Waals surface area (Å²) in [7, 11) is 0. The van der Waals surface area contributed by atoms with Crippen LogP contribution in [-0.4, -0.2) is 9.97 Å². The van der Waals surface area contributed by atoms with Crippen LogP contribution in [0.15, 0.2) is 36.9 Å². The van der Waals surface area contributed by atoms with Crippen LogP contribution in [0.3, 0.4) is 0 Å². The van der Waals surface area contributed by atoms with Crippen molar-refractivity contribution in [2.45, 2.75) is 6.42 Å². The summed E-state index contributed by atoms with van der Waals surface area (Å²) >= 11 is 6.02. The summed E-state index contributed by atoms with van der Waals surface area (Å²) in [5.74, 6) is 0. The molecular weight excluding hydrogens is 222 g/mol. The van der Waals surface area contributed by atoms with Gasteiger partial charge in [-0.3, -0.25) is 9.97 Å². The van der Waals surface area contributed by atoms with E-state index in [2.05, 4.69) is 16.0 Å². The Balaban J connectivity index is 2.57. The largest absolute Gasteiger partial charge is 0.264 e. The molecule has 0 aliphatic carbocycles. The zero-order valence-corrected chi connectivity index (χ0v) is 9.15. The maximum absolute atomic E-state index is 8.77. The summed E-state index contributed by atoms with van der Waals surface area (Å²) in [6.45, 7) is 0. The molecule has 0 unspecified atom stereocenters. The number of aromatic nitrogens is 2. The van der Waals surface area contributed by atoms with Crippen molar-refractivity contribution in [1.82, 2.24) is 9.97 Å². The molecule has 2 aromatic heterocycles. The smallest absolute Gasteiger partial charge is 0.0670 e. The van der Waals surface area contributed by atoms with Crippen LogP contribution in [0.4, 0.5) is 0 Å². The van der Waals surface area contributed by atoms with Crippen LogP contribution in [0.5, 0.6) is 0 Å². The molecule has 0 N–H and O–H groups in total. The van der Waals surface area contributed by atoms with Crippen LogP contribution in [0.1, 0.15) is 5.56 Å². The van der Waals surface area contributed by atoms with E-state index in [1.165, 1.54) is 0 Å². The van der Waals surface area contributed by atoms with E-state index in [4.69, 9.17) is 16.9 Å². The maximum atomic E-state index is 8.77. The van der Waals surface area contributed by atoms with Crippen molar-refractivity contribution in [2.24, 2.45) is 0 Å². The predicted octanol–water partition coefficient (Wildman–Crippen LogP) is 2.86. The molecule has 0 atom stereocenters. The SMILES string of the molecule is N#CCc1c(Cl)cncc1-c1cccnc1. The quantitative estimate of drug-likeness (QED) is 0.796. The summed E-state index contributed by atoms with van der Waals surface area (Å²) in [6, 6.07) is 5.86. The highest BCUT2D eigenvalue weighted by Crippen LogP contribution is 2.27. The zero-order chi connectivity index (χ0) is 11.4. The molecule has 0 radical (unpaired) electrons.